The molecule has 0 bridgehead atoms. The third-order valence-corrected chi connectivity index (χ3v) is 1.95. The summed E-state index contributed by atoms with van der Waals surface area (Å²) in [5, 5.41) is 12.3. The van der Waals surface area contributed by atoms with Crippen LogP contribution < -0.4 is 4.74 Å². The molecule has 0 aliphatic carbocycles. The Morgan fingerprint density at radius 2 is 2.47 bits per heavy atom. The van der Waals surface area contributed by atoms with Crippen LogP contribution in [0.25, 0.3) is 0 Å². The Morgan fingerprint density at radius 3 is 2.93 bits per heavy atom. The third kappa shape index (κ3) is 2.69. The molecule has 0 fully saturated rings. The Bertz CT molecular complexity index is 324. The molecule has 0 saturated heterocycles. The summed E-state index contributed by atoms with van der Waals surface area (Å²) in [6.07, 6.45) is 0. The molecule has 6 heteroatoms. The van der Waals surface area contributed by atoms with Crippen molar-refractivity contribution in [3.63, 3.8) is 0 Å². The molecule has 1 N–H and O–H groups in total. The predicted octanol–water partition coefficient (Wildman–Crippen LogP) is 0.138. The Balaban J connectivity index is 2.73. The van der Waals surface area contributed by atoms with Crippen molar-refractivity contribution >= 4 is 5.91 Å². The van der Waals surface area contributed by atoms with Crippen LogP contribution in [0, 0.1) is 0 Å². The molecular weight excluding hydrogens is 200 g/mol. The number of ether oxygens (including phenoxy) is 1. The lowest BCUT2D eigenvalue weighted by Gasteiger charge is -2.17. The molecule has 1 amide bonds. The number of nitrogens with zero attached hydrogens (tertiary/aromatic N) is 2. The molecule has 0 spiro atoms. The van der Waals surface area contributed by atoms with Crippen LogP contribution in [0.2, 0.25) is 0 Å². The van der Waals surface area contributed by atoms with Gasteiger partial charge in [-0.1, -0.05) is 0 Å². The number of hydrogen-bond donors (Lipinski definition) is 1. The van der Waals surface area contributed by atoms with E-state index in [0.29, 0.717) is 6.54 Å². The van der Waals surface area contributed by atoms with E-state index in [9.17, 15) is 4.79 Å². The minimum Gasteiger partial charge on any atom is -0.479 e. The second kappa shape index (κ2) is 5.35. The first kappa shape index (κ1) is 11.5. The molecule has 1 rings (SSSR count). The molecule has 15 heavy (non-hydrogen) atoms. The van der Waals surface area contributed by atoms with Gasteiger partial charge in [-0.25, -0.2) is 0 Å². The van der Waals surface area contributed by atoms with Crippen LogP contribution in [0.15, 0.2) is 10.6 Å². The van der Waals surface area contributed by atoms with E-state index in [0.717, 1.165) is 0 Å². The average Bonchev–Trinajstić information content (AvgIpc) is 2.73. The van der Waals surface area contributed by atoms with Crippen molar-refractivity contribution in [1.29, 1.82) is 0 Å². The summed E-state index contributed by atoms with van der Waals surface area (Å²) in [6, 6.07) is 1.42. The molecule has 0 unspecified atom stereocenters. The van der Waals surface area contributed by atoms with E-state index in [-0.39, 0.29) is 30.7 Å². The fraction of sp³-hybridized carbons (Fsp3) is 0.556. The minimum atomic E-state index is -0.303. The van der Waals surface area contributed by atoms with E-state index in [1.165, 1.54) is 18.1 Å². The molecular formula is C9H14N2O4. The van der Waals surface area contributed by atoms with Crippen molar-refractivity contribution < 1.29 is 19.2 Å². The fourth-order valence-electron chi connectivity index (χ4n) is 1.14. The monoisotopic (exact) mass is 214 g/mol. The first-order valence-electron chi connectivity index (χ1n) is 4.63. The summed E-state index contributed by atoms with van der Waals surface area (Å²) in [7, 11) is 1.44. The van der Waals surface area contributed by atoms with Gasteiger partial charge in [0.25, 0.3) is 11.8 Å². The summed E-state index contributed by atoms with van der Waals surface area (Å²) in [5.74, 6) is 0.0721. The minimum absolute atomic E-state index is 0.0785. The molecule has 84 valence electrons. The quantitative estimate of drug-likeness (QED) is 0.754. The van der Waals surface area contributed by atoms with Crippen LogP contribution in [0.3, 0.4) is 0 Å². The number of aliphatic hydroxyl groups is 1. The number of hydrogen-bond acceptors (Lipinski definition) is 5. The maximum absolute atomic E-state index is 11.7. The van der Waals surface area contributed by atoms with Gasteiger partial charge in [-0.15, -0.1) is 0 Å². The lowest BCUT2D eigenvalue weighted by atomic mass is 10.3. The van der Waals surface area contributed by atoms with Gasteiger partial charge in [0.15, 0.2) is 0 Å². The van der Waals surface area contributed by atoms with E-state index < -0.39 is 0 Å². The van der Waals surface area contributed by atoms with E-state index in [1.54, 1.807) is 0 Å². The highest BCUT2D eigenvalue weighted by atomic mass is 16.5. The predicted molar refractivity (Wildman–Crippen MR) is 51.7 cm³/mol. The summed E-state index contributed by atoms with van der Waals surface area (Å²) in [4.78, 5) is 13.2. The summed E-state index contributed by atoms with van der Waals surface area (Å²) in [5.41, 5.74) is 0. The van der Waals surface area contributed by atoms with Crippen molar-refractivity contribution in [2.45, 2.75) is 6.92 Å². The summed E-state index contributed by atoms with van der Waals surface area (Å²) >= 11 is 0. The molecule has 0 aliphatic rings. The molecule has 0 radical (unpaired) electrons. The molecule has 1 heterocycles. The van der Waals surface area contributed by atoms with Crippen LogP contribution in [0.5, 0.6) is 5.88 Å². The smallest absolute Gasteiger partial charge is 0.292 e. The van der Waals surface area contributed by atoms with Gasteiger partial charge in [-0.2, -0.15) is 0 Å². The van der Waals surface area contributed by atoms with Crippen molar-refractivity contribution in [2.75, 3.05) is 26.8 Å². The van der Waals surface area contributed by atoms with Gasteiger partial charge in [0, 0.05) is 13.1 Å². The van der Waals surface area contributed by atoms with Crippen molar-refractivity contribution in [2.24, 2.45) is 0 Å². The van der Waals surface area contributed by atoms with E-state index in [2.05, 4.69) is 5.16 Å². The van der Waals surface area contributed by atoms with Crippen LogP contribution in [-0.4, -0.2) is 47.9 Å². The Hall–Kier alpha value is -1.56. The second-order valence-corrected chi connectivity index (χ2v) is 2.84. The molecule has 6 nitrogen and oxygen atoms in total. The number of carbonyl (C=O) groups is 1. The van der Waals surface area contributed by atoms with Crippen LogP contribution in [0.1, 0.15) is 17.5 Å². The van der Waals surface area contributed by atoms with Gasteiger partial charge >= 0.3 is 0 Å². The lowest BCUT2D eigenvalue weighted by Crippen LogP contribution is -2.33. The molecule has 0 saturated carbocycles. The number of methoxy groups -OCH3 is 1. The van der Waals surface area contributed by atoms with Crippen molar-refractivity contribution in [3.8, 4) is 5.88 Å². The molecule has 1 aromatic heterocycles. The zero-order chi connectivity index (χ0) is 11.3. The maximum atomic E-state index is 11.7. The van der Waals surface area contributed by atoms with Gasteiger partial charge in [0.1, 0.15) is 0 Å². The van der Waals surface area contributed by atoms with Gasteiger partial charge in [-0.05, 0) is 12.1 Å². The van der Waals surface area contributed by atoms with E-state index in [4.69, 9.17) is 14.4 Å². The largest absolute Gasteiger partial charge is 0.479 e. The highest BCUT2D eigenvalue weighted by molar-refractivity contribution is 5.91. The number of rotatable bonds is 5. The number of carbonyl (C=O) groups excluding carboxylic acids is 1. The number of amides is 1. The Morgan fingerprint density at radius 1 is 1.73 bits per heavy atom. The molecule has 0 aliphatic heterocycles. The fourth-order valence-corrected chi connectivity index (χ4v) is 1.14. The summed E-state index contributed by atoms with van der Waals surface area (Å²) in [6.45, 7) is 2.52. The Labute approximate surface area is 87.4 Å². The standard InChI is InChI=1S/C9H14N2O4/c1-3-11(4-5-12)9(13)7-6-8(14-2)10-15-7/h6,12H,3-5H2,1-2H3. The summed E-state index contributed by atoms with van der Waals surface area (Å²) < 4.78 is 9.59. The first-order chi connectivity index (χ1) is 7.22. The van der Waals surface area contributed by atoms with Gasteiger partial charge < -0.3 is 19.3 Å². The van der Waals surface area contributed by atoms with E-state index in [1.807, 2.05) is 6.92 Å². The topological polar surface area (TPSA) is 75.8 Å². The molecule has 0 aromatic carbocycles. The highest BCUT2D eigenvalue weighted by Crippen LogP contribution is 2.12. The van der Waals surface area contributed by atoms with Crippen LogP contribution in [0.4, 0.5) is 0 Å². The normalized spacial score (nSPS) is 10.1. The van der Waals surface area contributed by atoms with Gasteiger partial charge in [0.05, 0.1) is 19.8 Å². The number of aliphatic hydroxyl groups excluding tert-OH is 1. The average molecular weight is 214 g/mol. The van der Waals surface area contributed by atoms with Gasteiger partial charge in [0.2, 0.25) is 5.76 Å². The van der Waals surface area contributed by atoms with Crippen molar-refractivity contribution in [1.82, 2.24) is 10.1 Å². The van der Waals surface area contributed by atoms with Crippen LogP contribution >= 0.6 is 0 Å². The zero-order valence-corrected chi connectivity index (χ0v) is 8.77. The number of likely N-dealkylation sites (N-methyl/N-ethyl adjacent to an activating group) is 1. The SMILES string of the molecule is CCN(CCO)C(=O)c1cc(OC)no1. The van der Waals surface area contributed by atoms with E-state index >= 15 is 0 Å². The second-order valence-electron chi connectivity index (χ2n) is 2.84. The maximum Gasteiger partial charge on any atom is 0.292 e. The molecule has 0 atom stereocenters. The van der Waals surface area contributed by atoms with Gasteiger partial charge in [-0.3, -0.25) is 4.79 Å². The Kier molecular flexibility index (Phi) is 4.11. The first-order valence-corrected chi connectivity index (χ1v) is 4.63. The zero-order valence-electron chi connectivity index (χ0n) is 8.77. The van der Waals surface area contributed by atoms with Crippen LogP contribution in [-0.2, 0) is 0 Å². The highest BCUT2D eigenvalue weighted by Gasteiger charge is 2.18. The lowest BCUT2D eigenvalue weighted by molar-refractivity contribution is 0.0690. The third-order valence-electron chi connectivity index (χ3n) is 1.95. The van der Waals surface area contributed by atoms with Crippen molar-refractivity contribution in [3.05, 3.63) is 11.8 Å². The molecule has 1 aromatic rings. The number of aromatic nitrogens is 1.